The van der Waals surface area contributed by atoms with Crippen molar-refractivity contribution < 1.29 is 4.79 Å². The van der Waals surface area contributed by atoms with Crippen molar-refractivity contribution in [2.75, 3.05) is 10.6 Å². The number of aromatic nitrogens is 3. The molecule has 1 atom stereocenters. The number of hydrogen-bond donors (Lipinski definition) is 2. The highest BCUT2D eigenvalue weighted by Gasteiger charge is 2.12. The summed E-state index contributed by atoms with van der Waals surface area (Å²) in [4.78, 5) is 25.2. The molecule has 2 aromatic rings. The Morgan fingerprint density at radius 2 is 2.00 bits per heavy atom. The summed E-state index contributed by atoms with van der Waals surface area (Å²) in [6, 6.07) is 2.47. The lowest BCUT2D eigenvalue weighted by Crippen LogP contribution is -2.22. The van der Waals surface area contributed by atoms with Gasteiger partial charge >= 0.3 is 0 Å². The summed E-state index contributed by atoms with van der Waals surface area (Å²) < 4.78 is 0. The van der Waals surface area contributed by atoms with Crippen molar-refractivity contribution in [1.82, 2.24) is 15.0 Å². The quantitative estimate of drug-likeness (QED) is 0.812. The summed E-state index contributed by atoms with van der Waals surface area (Å²) >= 11 is 1.78. The van der Waals surface area contributed by atoms with Crippen molar-refractivity contribution in [2.24, 2.45) is 0 Å². The number of aryl methyl sites for hydroxylation is 3. The second-order valence-corrected chi connectivity index (χ2v) is 6.62. The van der Waals surface area contributed by atoms with Crippen LogP contribution in [0.2, 0.25) is 0 Å². The van der Waals surface area contributed by atoms with E-state index in [0.29, 0.717) is 11.8 Å². The van der Waals surface area contributed by atoms with E-state index in [0.717, 1.165) is 19.3 Å². The van der Waals surface area contributed by atoms with Crippen LogP contribution in [0.3, 0.4) is 0 Å². The Morgan fingerprint density at radius 1 is 1.26 bits per heavy atom. The third-order valence-electron chi connectivity index (χ3n) is 3.59. The molecule has 2 heterocycles. The molecule has 7 heteroatoms. The molecule has 0 aliphatic rings. The highest BCUT2D eigenvalue weighted by atomic mass is 32.1. The molecule has 1 amide bonds. The topological polar surface area (TPSA) is 79.8 Å². The lowest BCUT2D eigenvalue weighted by atomic mass is 10.0. The molecule has 2 aromatic heterocycles. The molecule has 0 saturated carbocycles. The fourth-order valence-electron chi connectivity index (χ4n) is 2.32. The Labute approximate surface area is 140 Å². The van der Waals surface area contributed by atoms with Crippen LogP contribution < -0.4 is 10.6 Å². The summed E-state index contributed by atoms with van der Waals surface area (Å²) in [5, 5.41) is 8.09. The Balaban J connectivity index is 2.01. The summed E-state index contributed by atoms with van der Waals surface area (Å²) in [5.74, 6) is 1.18. The van der Waals surface area contributed by atoms with E-state index >= 15 is 0 Å². The molecule has 0 fully saturated rings. The second kappa shape index (κ2) is 8.01. The normalized spacial score (nSPS) is 12.0. The second-order valence-electron chi connectivity index (χ2n) is 5.50. The van der Waals surface area contributed by atoms with E-state index in [1.165, 1.54) is 17.4 Å². The molecule has 2 rings (SSSR count). The largest absolute Gasteiger partial charge is 0.351 e. The standard InChI is InChI=1S/C16H23N5OS/c1-5-14(7-6-13-8-9-23-10(13)2)20-16-18-11(3)17-15(21-16)19-12(4)22/h8-9,14H,5-7H2,1-4H3,(H2,17,18,19,20,21,22). The number of nitrogens with zero attached hydrogens (tertiary/aromatic N) is 3. The molecule has 0 saturated heterocycles. The first kappa shape index (κ1) is 17.3. The van der Waals surface area contributed by atoms with E-state index < -0.39 is 0 Å². The van der Waals surface area contributed by atoms with Gasteiger partial charge in [-0.15, -0.1) is 11.3 Å². The van der Waals surface area contributed by atoms with E-state index in [1.807, 2.05) is 0 Å². The molecule has 0 aliphatic heterocycles. The molecule has 0 spiro atoms. The Kier molecular flexibility index (Phi) is 6.04. The lowest BCUT2D eigenvalue weighted by Gasteiger charge is -2.17. The molecule has 0 radical (unpaired) electrons. The van der Waals surface area contributed by atoms with Crippen LogP contribution in [-0.2, 0) is 11.2 Å². The number of thiophene rings is 1. The molecule has 23 heavy (non-hydrogen) atoms. The third-order valence-corrected chi connectivity index (χ3v) is 4.48. The highest BCUT2D eigenvalue weighted by molar-refractivity contribution is 7.10. The SMILES string of the molecule is CCC(CCc1ccsc1C)Nc1nc(C)nc(NC(C)=O)n1. The summed E-state index contributed by atoms with van der Waals surface area (Å²) in [6.07, 6.45) is 3.01. The molecule has 2 N–H and O–H groups in total. The van der Waals surface area contributed by atoms with Crippen molar-refractivity contribution in [2.45, 2.75) is 53.0 Å². The van der Waals surface area contributed by atoms with E-state index in [4.69, 9.17) is 0 Å². The molecule has 0 aliphatic carbocycles. The molecule has 1 unspecified atom stereocenters. The van der Waals surface area contributed by atoms with Gasteiger partial charge in [0, 0.05) is 17.8 Å². The van der Waals surface area contributed by atoms with Crippen LogP contribution in [0.4, 0.5) is 11.9 Å². The zero-order valence-corrected chi connectivity index (χ0v) is 14.8. The van der Waals surface area contributed by atoms with Gasteiger partial charge in [0.2, 0.25) is 17.8 Å². The van der Waals surface area contributed by atoms with Gasteiger partial charge < -0.3 is 5.32 Å². The molecule has 124 valence electrons. The van der Waals surface area contributed by atoms with Crippen LogP contribution in [0.1, 0.15) is 43.0 Å². The molecule has 0 aromatic carbocycles. The van der Waals surface area contributed by atoms with E-state index in [-0.39, 0.29) is 17.9 Å². The van der Waals surface area contributed by atoms with Gasteiger partial charge in [-0.3, -0.25) is 10.1 Å². The van der Waals surface area contributed by atoms with Crippen LogP contribution in [0.15, 0.2) is 11.4 Å². The number of hydrogen-bond acceptors (Lipinski definition) is 6. The molecule has 0 bridgehead atoms. The molecular formula is C16H23N5OS. The monoisotopic (exact) mass is 333 g/mol. The Hall–Kier alpha value is -2.02. The fourth-order valence-corrected chi connectivity index (χ4v) is 3.08. The maximum atomic E-state index is 11.1. The first-order chi connectivity index (χ1) is 11.0. The van der Waals surface area contributed by atoms with Gasteiger partial charge in [0.15, 0.2) is 0 Å². The van der Waals surface area contributed by atoms with Crippen molar-refractivity contribution in [3.8, 4) is 0 Å². The number of carbonyl (C=O) groups is 1. The minimum atomic E-state index is -0.193. The van der Waals surface area contributed by atoms with E-state index in [9.17, 15) is 4.79 Å². The first-order valence-electron chi connectivity index (χ1n) is 7.77. The van der Waals surface area contributed by atoms with Gasteiger partial charge in [-0.05, 0) is 50.1 Å². The minimum absolute atomic E-state index is 0.193. The number of amides is 1. The Bertz CT molecular complexity index is 670. The van der Waals surface area contributed by atoms with E-state index in [2.05, 4.69) is 50.9 Å². The maximum Gasteiger partial charge on any atom is 0.234 e. The highest BCUT2D eigenvalue weighted by Crippen LogP contribution is 2.19. The van der Waals surface area contributed by atoms with Crippen molar-refractivity contribution >= 4 is 29.1 Å². The average Bonchev–Trinajstić information content (AvgIpc) is 2.87. The summed E-state index contributed by atoms with van der Waals surface area (Å²) in [6.45, 7) is 7.52. The van der Waals surface area contributed by atoms with Crippen LogP contribution in [0, 0.1) is 13.8 Å². The number of carbonyl (C=O) groups excluding carboxylic acids is 1. The fraction of sp³-hybridized carbons (Fsp3) is 0.500. The first-order valence-corrected chi connectivity index (χ1v) is 8.65. The van der Waals surface area contributed by atoms with Crippen molar-refractivity contribution in [3.63, 3.8) is 0 Å². The predicted molar refractivity (Wildman–Crippen MR) is 93.9 cm³/mol. The molecule has 6 nitrogen and oxygen atoms in total. The smallest absolute Gasteiger partial charge is 0.234 e. The molecular weight excluding hydrogens is 310 g/mol. The summed E-state index contributed by atoms with van der Waals surface area (Å²) in [7, 11) is 0. The van der Waals surface area contributed by atoms with Gasteiger partial charge in [-0.1, -0.05) is 6.92 Å². The number of anilines is 2. The van der Waals surface area contributed by atoms with Gasteiger partial charge in [-0.2, -0.15) is 15.0 Å². The predicted octanol–water partition coefficient (Wildman–Crippen LogP) is 3.33. The summed E-state index contributed by atoms with van der Waals surface area (Å²) in [5.41, 5.74) is 1.40. The van der Waals surface area contributed by atoms with Crippen molar-refractivity contribution in [1.29, 1.82) is 0 Å². The van der Waals surface area contributed by atoms with Crippen LogP contribution in [0.25, 0.3) is 0 Å². The Morgan fingerprint density at radius 3 is 2.61 bits per heavy atom. The average molecular weight is 333 g/mol. The minimum Gasteiger partial charge on any atom is -0.351 e. The zero-order valence-electron chi connectivity index (χ0n) is 14.0. The van der Waals surface area contributed by atoms with Crippen LogP contribution >= 0.6 is 11.3 Å². The van der Waals surface area contributed by atoms with Gasteiger partial charge in [-0.25, -0.2) is 0 Å². The van der Waals surface area contributed by atoms with Crippen LogP contribution in [-0.4, -0.2) is 26.9 Å². The number of rotatable bonds is 7. The number of nitrogens with one attached hydrogen (secondary N) is 2. The maximum absolute atomic E-state index is 11.1. The van der Waals surface area contributed by atoms with Gasteiger partial charge in [0.1, 0.15) is 5.82 Å². The lowest BCUT2D eigenvalue weighted by molar-refractivity contribution is -0.114. The third kappa shape index (κ3) is 5.28. The van der Waals surface area contributed by atoms with E-state index in [1.54, 1.807) is 18.3 Å². The van der Waals surface area contributed by atoms with Crippen molar-refractivity contribution in [3.05, 3.63) is 27.7 Å². The zero-order chi connectivity index (χ0) is 16.8. The van der Waals surface area contributed by atoms with Gasteiger partial charge in [0.05, 0.1) is 0 Å². The van der Waals surface area contributed by atoms with Gasteiger partial charge in [0.25, 0.3) is 0 Å². The van der Waals surface area contributed by atoms with Crippen LogP contribution in [0.5, 0.6) is 0 Å².